The number of hydrogen-bond donors (Lipinski definition) is 0. The maximum Gasteiger partial charge on any atom is 0.154 e. The van der Waals surface area contributed by atoms with Crippen LogP contribution < -0.4 is 4.74 Å². The molecule has 0 aliphatic heterocycles. The molecule has 0 spiro atoms. The van der Waals surface area contributed by atoms with Crippen molar-refractivity contribution in [2.75, 3.05) is 12.9 Å². The Bertz CT molecular complexity index is 392. The third kappa shape index (κ3) is 3.91. The molecule has 3 nitrogen and oxygen atoms in total. The summed E-state index contributed by atoms with van der Waals surface area (Å²) in [5.41, 5.74) is 0.809. The molecule has 0 amide bonds. The van der Waals surface area contributed by atoms with Crippen LogP contribution in [0.2, 0.25) is 0 Å². The molecule has 1 aromatic carbocycles. The number of benzene rings is 1. The quantitative estimate of drug-likeness (QED) is 0.774. The summed E-state index contributed by atoms with van der Waals surface area (Å²) < 4.78 is 28.0. The summed E-state index contributed by atoms with van der Waals surface area (Å²) in [4.78, 5) is 0. The summed E-state index contributed by atoms with van der Waals surface area (Å²) in [7, 11) is -1.36. The Morgan fingerprint density at radius 1 is 1.20 bits per heavy atom. The monoisotopic (exact) mass is 228 g/mol. The number of rotatable bonds is 5. The molecule has 0 aliphatic rings. The summed E-state index contributed by atoms with van der Waals surface area (Å²) in [5, 5.41) is 0. The number of sulfone groups is 1. The first-order valence-electron chi connectivity index (χ1n) is 4.91. The summed E-state index contributed by atoms with van der Waals surface area (Å²) in [5.74, 6) is 1.11. The fourth-order valence-corrected chi connectivity index (χ4v) is 2.83. The molecule has 0 aliphatic carbocycles. The molecule has 0 aromatic heterocycles. The summed E-state index contributed by atoms with van der Waals surface area (Å²) in [6, 6.07) is 7.12. The molecule has 1 aromatic rings. The lowest BCUT2D eigenvalue weighted by Crippen LogP contribution is -2.08. The average molecular weight is 228 g/mol. The van der Waals surface area contributed by atoms with Gasteiger partial charge < -0.3 is 4.74 Å². The van der Waals surface area contributed by atoms with Gasteiger partial charge in [0.1, 0.15) is 5.75 Å². The van der Waals surface area contributed by atoms with E-state index in [4.69, 9.17) is 4.74 Å². The molecule has 0 bridgehead atoms. The Morgan fingerprint density at radius 2 is 1.80 bits per heavy atom. The van der Waals surface area contributed by atoms with E-state index < -0.39 is 9.84 Å². The molecule has 0 unspecified atom stereocenters. The van der Waals surface area contributed by atoms with Crippen LogP contribution in [0.1, 0.15) is 18.9 Å². The maximum absolute atomic E-state index is 11.5. The molecule has 15 heavy (non-hydrogen) atoms. The van der Waals surface area contributed by atoms with Gasteiger partial charge >= 0.3 is 0 Å². The van der Waals surface area contributed by atoms with E-state index in [-0.39, 0.29) is 11.5 Å². The Labute approximate surface area is 91.0 Å². The zero-order valence-corrected chi connectivity index (χ0v) is 9.88. The zero-order chi connectivity index (χ0) is 11.3. The van der Waals surface area contributed by atoms with E-state index in [1.165, 1.54) is 0 Å². The van der Waals surface area contributed by atoms with Gasteiger partial charge in [-0.2, -0.15) is 0 Å². The van der Waals surface area contributed by atoms with E-state index in [0.29, 0.717) is 6.42 Å². The second-order valence-corrected chi connectivity index (χ2v) is 5.62. The van der Waals surface area contributed by atoms with Gasteiger partial charge in [0.2, 0.25) is 0 Å². The Morgan fingerprint density at radius 3 is 2.27 bits per heavy atom. The van der Waals surface area contributed by atoms with Gasteiger partial charge in [-0.05, 0) is 24.1 Å². The maximum atomic E-state index is 11.5. The van der Waals surface area contributed by atoms with Crippen LogP contribution in [0, 0.1) is 0 Å². The third-order valence-electron chi connectivity index (χ3n) is 2.06. The van der Waals surface area contributed by atoms with E-state index >= 15 is 0 Å². The van der Waals surface area contributed by atoms with Crippen molar-refractivity contribution in [2.24, 2.45) is 0 Å². The van der Waals surface area contributed by atoms with Crippen molar-refractivity contribution in [3.05, 3.63) is 29.8 Å². The van der Waals surface area contributed by atoms with Crippen LogP contribution in [0.4, 0.5) is 0 Å². The highest BCUT2D eigenvalue weighted by molar-refractivity contribution is 7.90. The lowest BCUT2D eigenvalue weighted by atomic mass is 10.2. The van der Waals surface area contributed by atoms with Crippen LogP contribution in [0.3, 0.4) is 0 Å². The zero-order valence-electron chi connectivity index (χ0n) is 9.06. The van der Waals surface area contributed by atoms with Gasteiger partial charge in [0.05, 0.1) is 18.6 Å². The van der Waals surface area contributed by atoms with Crippen molar-refractivity contribution in [1.29, 1.82) is 0 Å². The first kappa shape index (κ1) is 12.0. The second kappa shape index (κ2) is 5.16. The summed E-state index contributed by atoms with van der Waals surface area (Å²) in [6.07, 6.45) is 0.665. The van der Waals surface area contributed by atoms with Gasteiger partial charge in [-0.3, -0.25) is 0 Å². The van der Waals surface area contributed by atoms with Crippen molar-refractivity contribution in [3.63, 3.8) is 0 Å². The highest BCUT2D eigenvalue weighted by atomic mass is 32.2. The van der Waals surface area contributed by atoms with Crippen molar-refractivity contribution < 1.29 is 13.2 Å². The molecule has 0 saturated heterocycles. The van der Waals surface area contributed by atoms with E-state index in [0.717, 1.165) is 11.3 Å². The van der Waals surface area contributed by atoms with E-state index in [9.17, 15) is 8.42 Å². The number of ether oxygens (including phenoxy) is 1. The van der Waals surface area contributed by atoms with Gasteiger partial charge in [-0.1, -0.05) is 19.1 Å². The minimum atomic E-state index is -2.95. The molecule has 84 valence electrons. The van der Waals surface area contributed by atoms with Crippen molar-refractivity contribution in [2.45, 2.75) is 19.1 Å². The fraction of sp³-hybridized carbons (Fsp3) is 0.455. The first-order chi connectivity index (χ1) is 7.07. The van der Waals surface area contributed by atoms with Crippen LogP contribution in [0.25, 0.3) is 0 Å². The molecule has 0 radical (unpaired) electrons. The van der Waals surface area contributed by atoms with Crippen LogP contribution >= 0.6 is 0 Å². The molecular formula is C11H16O3S. The van der Waals surface area contributed by atoms with Crippen LogP contribution in [0.5, 0.6) is 5.75 Å². The van der Waals surface area contributed by atoms with Gasteiger partial charge in [-0.25, -0.2) is 8.42 Å². The van der Waals surface area contributed by atoms with Gasteiger partial charge in [0.15, 0.2) is 9.84 Å². The fourth-order valence-electron chi connectivity index (χ4n) is 1.36. The number of hydrogen-bond acceptors (Lipinski definition) is 3. The Kier molecular flexibility index (Phi) is 4.15. The predicted octanol–water partition coefficient (Wildman–Crippen LogP) is 2.02. The minimum Gasteiger partial charge on any atom is -0.497 e. The molecule has 0 fully saturated rings. The van der Waals surface area contributed by atoms with Gasteiger partial charge in [0, 0.05) is 0 Å². The second-order valence-electron chi connectivity index (χ2n) is 3.44. The third-order valence-corrected chi connectivity index (χ3v) is 3.86. The predicted molar refractivity (Wildman–Crippen MR) is 60.8 cm³/mol. The smallest absolute Gasteiger partial charge is 0.154 e. The molecule has 4 heteroatoms. The largest absolute Gasteiger partial charge is 0.497 e. The number of methoxy groups -OCH3 is 1. The van der Waals surface area contributed by atoms with Crippen LogP contribution in [-0.2, 0) is 15.6 Å². The molecule has 1 rings (SSSR count). The van der Waals surface area contributed by atoms with E-state index in [2.05, 4.69) is 0 Å². The lowest BCUT2D eigenvalue weighted by Gasteiger charge is -2.04. The summed E-state index contributed by atoms with van der Waals surface area (Å²) >= 11 is 0. The van der Waals surface area contributed by atoms with E-state index in [1.807, 2.05) is 6.92 Å². The Hall–Kier alpha value is -1.03. The Balaban J connectivity index is 2.73. The summed E-state index contributed by atoms with van der Waals surface area (Å²) in [6.45, 7) is 1.87. The van der Waals surface area contributed by atoms with Crippen molar-refractivity contribution in [3.8, 4) is 5.75 Å². The average Bonchev–Trinajstić information content (AvgIpc) is 2.18. The van der Waals surface area contributed by atoms with Crippen molar-refractivity contribution >= 4 is 9.84 Å². The molecule has 0 saturated carbocycles. The van der Waals surface area contributed by atoms with Gasteiger partial charge in [0.25, 0.3) is 0 Å². The van der Waals surface area contributed by atoms with E-state index in [1.54, 1.807) is 31.4 Å². The van der Waals surface area contributed by atoms with Crippen molar-refractivity contribution in [1.82, 2.24) is 0 Å². The lowest BCUT2D eigenvalue weighted by molar-refractivity contribution is 0.414. The normalized spacial score (nSPS) is 11.3. The van der Waals surface area contributed by atoms with Crippen LogP contribution in [0.15, 0.2) is 24.3 Å². The molecule has 0 heterocycles. The SMILES string of the molecule is CCCS(=O)(=O)Cc1ccc(OC)cc1. The van der Waals surface area contributed by atoms with Crippen LogP contribution in [-0.4, -0.2) is 21.3 Å². The molecule has 0 N–H and O–H groups in total. The standard InChI is InChI=1S/C11H16O3S/c1-3-8-15(12,13)9-10-4-6-11(14-2)7-5-10/h4-7H,3,8-9H2,1-2H3. The topological polar surface area (TPSA) is 43.4 Å². The molecular weight excluding hydrogens is 212 g/mol. The van der Waals surface area contributed by atoms with Gasteiger partial charge in [-0.15, -0.1) is 0 Å². The first-order valence-corrected chi connectivity index (χ1v) is 6.73. The highest BCUT2D eigenvalue weighted by Gasteiger charge is 2.10. The molecule has 0 atom stereocenters. The minimum absolute atomic E-state index is 0.116. The highest BCUT2D eigenvalue weighted by Crippen LogP contribution is 2.14.